The van der Waals surface area contributed by atoms with Crippen molar-refractivity contribution in [2.24, 2.45) is 5.92 Å². The van der Waals surface area contributed by atoms with Crippen molar-refractivity contribution in [3.05, 3.63) is 28.2 Å². The van der Waals surface area contributed by atoms with E-state index in [4.69, 9.17) is 0 Å². The molecule has 0 aromatic heterocycles. The number of nitrogens with one attached hydrogen (secondary N) is 1. The molecule has 1 aromatic rings. The lowest BCUT2D eigenvalue weighted by atomic mass is 10.1. The third-order valence-corrected chi connectivity index (χ3v) is 3.80. The largest absolute Gasteiger partial charge is 0.374 e. The highest BCUT2D eigenvalue weighted by Crippen LogP contribution is 2.25. The molecule has 0 heterocycles. The number of anilines is 1. The predicted octanol–water partition coefficient (Wildman–Crippen LogP) is 4.82. The Kier molecular flexibility index (Phi) is 6.53. The van der Waals surface area contributed by atoms with Gasteiger partial charge in [-0.15, -0.1) is 0 Å². The SMILES string of the molecule is CC(C)CCN(C)c1cc(Br)ccc1CNC(C)(C)C. The second-order valence-electron chi connectivity index (χ2n) is 6.98. The number of rotatable bonds is 6. The minimum Gasteiger partial charge on any atom is -0.374 e. The first kappa shape index (κ1) is 17.5. The highest BCUT2D eigenvalue weighted by molar-refractivity contribution is 9.10. The van der Waals surface area contributed by atoms with Crippen LogP contribution in [0, 0.1) is 5.92 Å². The maximum atomic E-state index is 3.59. The third-order valence-electron chi connectivity index (χ3n) is 3.31. The Balaban J connectivity index is 2.84. The van der Waals surface area contributed by atoms with Crippen LogP contribution >= 0.6 is 15.9 Å². The van der Waals surface area contributed by atoms with Crippen molar-refractivity contribution in [1.82, 2.24) is 5.32 Å². The molecule has 0 fully saturated rings. The number of hydrogen-bond donors (Lipinski definition) is 1. The summed E-state index contributed by atoms with van der Waals surface area (Å²) in [5.41, 5.74) is 2.81. The molecular weight excluding hydrogens is 312 g/mol. The maximum Gasteiger partial charge on any atom is 0.0420 e. The van der Waals surface area contributed by atoms with Gasteiger partial charge in [0.1, 0.15) is 0 Å². The second kappa shape index (κ2) is 7.46. The van der Waals surface area contributed by atoms with Crippen molar-refractivity contribution in [2.45, 2.75) is 53.1 Å². The maximum absolute atomic E-state index is 3.59. The van der Waals surface area contributed by atoms with Crippen LogP contribution in [0.2, 0.25) is 0 Å². The van der Waals surface area contributed by atoms with Gasteiger partial charge in [0, 0.05) is 35.8 Å². The number of benzene rings is 1. The monoisotopic (exact) mass is 340 g/mol. The molecule has 1 aromatic carbocycles. The first-order valence-electron chi connectivity index (χ1n) is 7.43. The van der Waals surface area contributed by atoms with Gasteiger partial charge in [0.25, 0.3) is 0 Å². The second-order valence-corrected chi connectivity index (χ2v) is 7.90. The van der Waals surface area contributed by atoms with E-state index in [9.17, 15) is 0 Å². The van der Waals surface area contributed by atoms with Crippen LogP contribution in [0.1, 0.15) is 46.6 Å². The molecule has 0 saturated carbocycles. The average molecular weight is 341 g/mol. The molecule has 2 nitrogen and oxygen atoms in total. The fraction of sp³-hybridized carbons (Fsp3) is 0.647. The molecule has 114 valence electrons. The first-order valence-corrected chi connectivity index (χ1v) is 8.23. The fourth-order valence-corrected chi connectivity index (χ4v) is 2.32. The molecule has 0 bridgehead atoms. The van der Waals surface area contributed by atoms with E-state index < -0.39 is 0 Å². The smallest absolute Gasteiger partial charge is 0.0420 e. The Morgan fingerprint density at radius 2 is 1.90 bits per heavy atom. The molecular formula is C17H29BrN2. The van der Waals surface area contributed by atoms with E-state index in [1.807, 2.05) is 0 Å². The summed E-state index contributed by atoms with van der Waals surface area (Å²) in [4.78, 5) is 2.37. The van der Waals surface area contributed by atoms with Crippen molar-refractivity contribution in [3.8, 4) is 0 Å². The molecule has 0 spiro atoms. The predicted molar refractivity (Wildman–Crippen MR) is 93.5 cm³/mol. The minimum atomic E-state index is 0.140. The van der Waals surface area contributed by atoms with Gasteiger partial charge in [-0.1, -0.05) is 35.8 Å². The Morgan fingerprint density at radius 3 is 2.45 bits per heavy atom. The van der Waals surface area contributed by atoms with Crippen LogP contribution in [0.4, 0.5) is 5.69 Å². The van der Waals surface area contributed by atoms with Gasteiger partial charge in [-0.05, 0) is 50.8 Å². The summed E-state index contributed by atoms with van der Waals surface area (Å²) in [5, 5.41) is 3.58. The van der Waals surface area contributed by atoms with Gasteiger partial charge in [0.2, 0.25) is 0 Å². The van der Waals surface area contributed by atoms with Crippen molar-refractivity contribution in [3.63, 3.8) is 0 Å². The van der Waals surface area contributed by atoms with E-state index in [2.05, 4.69) is 86.0 Å². The normalized spacial score (nSPS) is 12.0. The van der Waals surface area contributed by atoms with Crippen LogP contribution in [0.15, 0.2) is 22.7 Å². The van der Waals surface area contributed by atoms with Crippen LogP contribution in [-0.2, 0) is 6.54 Å². The van der Waals surface area contributed by atoms with Crippen molar-refractivity contribution >= 4 is 21.6 Å². The summed E-state index contributed by atoms with van der Waals surface area (Å²) in [6.07, 6.45) is 1.22. The molecule has 0 aliphatic carbocycles. The minimum absolute atomic E-state index is 0.140. The molecule has 0 radical (unpaired) electrons. The quantitative estimate of drug-likeness (QED) is 0.798. The Labute approximate surface area is 133 Å². The summed E-state index contributed by atoms with van der Waals surface area (Å²) < 4.78 is 1.14. The van der Waals surface area contributed by atoms with E-state index >= 15 is 0 Å². The average Bonchev–Trinajstić information content (AvgIpc) is 2.33. The summed E-state index contributed by atoms with van der Waals surface area (Å²) in [7, 11) is 2.19. The first-order chi connectivity index (χ1) is 9.19. The lowest BCUT2D eigenvalue weighted by Crippen LogP contribution is -2.35. The highest BCUT2D eigenvalue weighted by atomic mass is 79.9. The fourth-order valence-electron chi connectivity index (χ4n) is 1.97. The molecule has 0 aliphatic heterocycles. The Bertz CT molecular complexity index is 421. The van der Waals surface area contributed by atoms with Crippen LogP contribution in [0.5, 0.6) is 0 Å². The van der Waals surface area contributed by atoms with Crippen LogP contribution in [-0.4, -0.2) is 19.1 Å². The number of nitrogens with zero attached hydrogens (tertiary/aromatic N) is 1. The van der Waals surface area contributed by atoms with Gasteiger partial charge in [-0.2, -0.15) is 0 Å². The summed E-state index contributed by atoms with van der Waals surface area (Å²) in [6, 6.07) is 6.56. The topological polar surface area (TPSA) is 15.3 Å². The summed E-state index contributed by atoms with van der Waals surface area (Å²) in [6.45, 7) is 13.2. The standard InChI is InChI=1S/C17H29BrN2/c1-13(2)9-10-20(6)16-11-15(18)8-7-14(16)12-19-17(3,4)5/h7-8,11,13,19H,9-10,12H2,1-6H3. The molecule has 3 heteroatoms. The molecule has 0 atom stereocenters. The summed E-state index contributed by atoms with van der Waals surface area (Å²) >= 11 is 3.59. The molecule has 0 saturated heterocycles. The van der Waals surface area contributed by atoms with Gasteiger partial charge in [0.05, 0.1) is 0 Å². The van der Waals surface area contributed by atoms with Gasteiger partial charge >= 0.3 is 0 Å². The molecule has 1 rings (SSSR count). The van der Waals surface area contributed by atoms with Gasteiger partial charge in [0.15, 0.2) is 0 Å². The Morgan fingerprint density at radius 1 is 1.25 bits per heavy atom. The molecule has 0 aliphatic rings. The zero-order valence-corrected chi connectivity index (χ0v) is 15.3. The Hall–Kier alpha value is -0.540. The van der Waals surface area contributed by atoms with Crippen LogP contribution in [0.25, 0.3) is 0 Å². The molecule has 20 heavy (non-hydrogen) atoms. The van der Waals surface area contributed by atoms with Crippen molar-refractivity contribution < 1.29 is 0 Å². The van der Waals surface area contributed by atoms with Gasteiger partial charge in [-0.3, -0.25) is 0 Å². The lowest BCUT2D eigenvalue weighted by Gasteiger charge is -2.26. The van der Waals surface area contributed by atoms with E-state index in [1.165, 1.54) is 17.7 Å². The van der Waals surface area contributed by atoms with Crippen LogP contribution < -0.4 is 10.2 Å². The van der Waals surface area contributed by atoms with Crippen molar-refractivity contribution in [2.75, 3.05) is 18.5 Å². The van der Waals surface area contributed by atoms with Gasteiger partial charge in [-0.25, -0.2) is 0 Å². The van der Waals surface area contributed by atoms with Crippen molar-refractivity contribution in [1.29, 1.82) is 0 Å². The molecule has 0 unspecified atom stereocenters. The summed E-state index contributed by atoms with van der Waals surface area (Å²) in [5.74, 6) is 0.737. The zero-order chi connectivity index (χ0) is 15.3. The van der Waals surface area contributed by atoms with E-state index in [0.717, 1.165) is 23.5 Å². The molecule has 1 N–H and O–H groups in total. The zero-order valence-electron chi connectivity index (χ0n) is 13.8. The van der Waals surface area contributed by atoms with Crippen LogP contribution in [0.3, 0.4) is 0 Å². The van der Waals surface area contributed by atoms with E-state index in [1.54, 1.807) is 0 Å². The van der Waals surface area contributed by atoms with Gasteiger partial charge < -0.3 is 10.2 Å². The molecule has 0 amide bonds. The third kappa shape index (κ3) is 6.27. The number of hydrogen-bond acceptors (Lipinski definition) is 2. The van der Waals surface area contributed by atoms with E-state index in [-0.39, 0.29) is 5.54 Å². The highest BCUT2D eigenvalue weighted by Gasteiger charge is 2.13. The lowest BCUT2D eigenvalue weighted by molar-refractivity contribution is 0.424. The number of halogens is 1. The van der Waals surface area contributed by atoms with E-state index in [0.29, 0.717) is 0 Å².